The minimum Gasteiger partial charge on any atom is -0.477 e. The molecule has 3 aromatic rings. The fraction of sp³-hybridized carbons (Fsp3) is 0. The van der Waals surface area contributed by atoms with Gasteiger partial charge in [0.25, 0.3) is 0 Å². The van der Waals surface area contributed by atoms with Crippen LogP contribution in [-0.4, -0.2) is 16.1 Å². The number of aromatic carboxylic acids is 1. The summed E-state index contributed by atoms with van der Waals surface area (Å²) in [6.07, 6.45) is 0. The molecule has 6 heteroatoms. The van der Waals surface area contributed by atoms with E-state index in [0.717, 1.165) is 5.39 Å². The number of carboxylic acids is 1. The van der Waals surface area contributed by atoms with Crippen molar-refractivity contribution in [1.82, 2.24) is 4.98 Å². The van der Waals surface area contributed by atoms with Gasteiger partial charge in [-0.15, -0.1) is 11.3 Å². The number of hydrogen-bond donors (Lipinski definition) is 2. The summed E-state index contributed by atoms with van der Waals surface area (Å²) in [6.45, 7) is 0. The minimum atomic E-state index is -1.09. The van der Waals surface area contributed by atoms with Crippen LogP contribution >= 0.6 is 11.3 Å². The standard InChI is InChI=1S/C14H9FN2O2S/c15-8-2-1-3-9(6-8)16-11-7-12(14(18)19)17-13-10(11)4-5-20-13/h1-7H,(H,16,17)(H,18,19). The quantitative estimate of drug-likeness (QED) is 0.767. The molecule has 0 radical (unpaired) electrons. The van der Waals surface area contributed by atoms with Crippen LogP contribution < -0.4 is 5.32 Å². The van der Waals surface area contributed by atoms with Gasteiger partial charge in [0, 0.05) is 11.1 Å². The van der Waals surface area contributed by atoms with E-state index in [1.54, 1.807) is 12.1 Å². The Labute approximate surface area is 117 Å². The first kappa shape index (κ1) is 12.6. The topological polar surface area (TPSA) is 62.2 Å². The van der Waals surface area contributed by atoms with E-state index in [1.807, 2.05) is 11.4 Å². The van der Waals surface area contributed by atoms with Gasteiger partial charge in [-0.3, -0.25) is 0 Å². The monoisotopic (exact) mass is 288 g/mol. The molecule has 0 fully saturated rings. The van der Waals surface area contributed by atoms with Gasteiger partial charge in [-0.2, -0.15) is 0 Å². The zero-order valence-electron chi connectivity index (χ0n) is 10.1. The summed E-state index contributed by atoms with van der Waals surface area (Å²) in [5, 5.41) is 14.7. The number of carboxylic acid groups (broad SMARTS) is 1. The Bertz CT molecular complexity index is 801. The fourth-order valence-electron chi connectivity index (χ4n) is 1.88. The second-order valence-electron chi connectivity index (χ2n) is 4.13. The second kappa shape index (κ2) is 4.90. The average Bonchev–Trinajstić information content (AvgIpc) is 2.87. The highest BCUT2D eigenvalue weighted by Gasteiger charge is 2.12. The first-order chi connectivity index (χ1) is 9.63. The molecule has 2 N–H and O–H groups in total. The summed E-state index contributed by atoms with van der Waals surface area (Å²) in [6, 6.07) is 9.28. The van der Waals surface area contributed by atoms with Gasteiger partial charge in [-0.05, 0) is 35.7 Å². The Balaban J connectivity index is 2.09. The van der Waals surface area contributed by atoms with Crippen molar-refractivity contribution < 1.29 is 14.3 Å². The molecular formula is C14H9FN2O2S. The van der Waals surface area contributed by atoms with E-state index in [0.29, 0.717) is 16.2 Å². The molecule has 3 rings (SSSR count). The van der Waals surface area contributed by atoms with Gasteiger partial charge in [0.2, 0.25) is 0 Å². The van der Waals surface area contributed by atoms with E-state index in [4.69, 9.17) is 5.11 Å². The van der Waals surface area contributed by atoms with Gasteiger partial charge in [0.15, 0.2) is 5.69 Å². The predicted molar refractivity (Wildman–Crippen MR) is 76.3 cm³/mol. The molecule has 2 heterocycles. The molecule has 0 saturated carbocycles. The van der Waals surface area contributed by atoms with E-state index in [9.17, 15) is 9.18 Å². The van der Waals surface area contributed by atoms with Gasteiger partial charge in [0.05, 0.1) is 5.69 Å². The molecular weight excluding hydrogens is 279 g/mol. The number of hydrogen-bond acceptors (Lipinski definition) is 4. The maximum absolute atomic E-state index is 13.2. The zero-order chi connectivity index (χ0) is 14.1. The first-order valence-electron chi connectivity index (χ1n) is 5.77. The number of carbonyl (C=O) groups is 1. The van der Waals surface area contributed by atoms with Crippen molar-refractivity contribution in [2.45, 2.75) is 0 Å². The van der Waals surface area contributed by atoms with E-state index in [1.165, 1.54) is 29.5 Å². The molecule has 0 aliphatic heterocycles. The van der Waals surface area contributed by atoms with Crippen LogP contribution in [0.1, 0.15) is 10.5 Å². The van der Waals surface area contributed by atoms with E-state index < -0.39 is 5.97 Å². The van der Waals surface area contributed by atoms with Crippen LogP contribution in [0.4, 0.5) is 15.8 Å². The van der Waals surface area contributed by atoms with Crippen LogP contribution in [0.3, 0.4) is 0 Å². The summed E-state index contributed by atoms with van der Waals surface area (Å²) in [7, 11) is 0. The second-order valence-corrected chi connectivity index (χ2v) is 5.03. The highest BCUT2D eigenvalue weighted by molar-refractivity contribution is 7.16. The number of thiophene rings is 1. The third-order valence-corrected chi connectivity index (χ3v) is 3.57. The van der Waals surface area contributed by atoms with Gasteiger partial charge < -0.3 is 10.4 Å². The van der Waals surface area contributed by atoms with E-state index in [2.05, 4.69) is 10.3 Å². The molecule has 0 aliphatic carbocycles. The Morgan fingerprint density at radius 2 is 2.15 bits per heavy atom. The number of pyridine rings is 1. The van der Waals surface area contributed by atoms with Crippen molar-refractivity contribution in [3.8, 4) is 0 Å². The van der Waals surface area contributed by atoms with Crippen molar-refractivity contribution in [1.29, 1.82) is 0 Å². The Kier molecular flexibility index (Phi) is 3.08. The molecule has 1 aromatic carbocycles. The Morgan fingerprint density at radius 3 is 2.90 bits per heavy atom. The average molecular weight is 288 g/mol. The Morgan fingerprint density at radius 1 is 1.30 bits per heavy atom. The maximum atomic E-state index is 13.2. The van der Waals surface area contributed by atoms with Crippen molar-refractivity contribution in [3.05, 3.63) is 53.3 Å². The molecule has 0 aliphatic rings. The largest absolute Gasteiger partial charge is 0.477 e. The molecule has 2 aromatic heterocycles. The van der Waals surface area contributed by atoms with Crippen LogP contribution in [0.2, 0.25) is 0 Å². The summed E-state index contributed by atoms with van der Waals surface area (Å²) in [5.74, 6) is -1.45. The van der Waals surface area contributed by atoms with Crippen LogP contribution in [-0.2, 0) is 0 Å². The van der Waals surface area contributed by atoms with Crippen LogP contribution in [0.25, 0.3) is 10.2 Å². The van der Waals surface area contributed by atoms with Crippen molar-refractivity contribution in [2.75, 3.05) is 5.32 Å². The van der Waals surface area contributed by atoms with Gasteiger partial charge in [0.1, 0.15) is 10.6 Å². The number of rotatable bonds is 3. The minimum absolute atomic E-state index is 0.0427. The summed E-state index contributed by atoms with van der Waals surface area (Å²) < 4.78 is 13.2. The summed E-state index contributed by atoms with van der Waals surface area (Å²) in [5.41, 5.74) is 1.11. The SMILES string of the molecule is O=C(O)c1cc(Nc2cccc(F)c2)c2ccsc2n1. The van der Waals surface area contributed by atoms with Crippen LogP contribution in [0.5, 0.6) is 0 Å². The van der Waals surface area contributed by atoms with Crippen LogP contribution in [0.15, 0.2) is 41.8 Å². The van der Waals surface area contributed by atoms with Gasteiger partial charge >= 0.3 is 5.97 Å². The lowest BCUT2D eigenvalue weighted by atomic mass is 10.2. The molecule has 0 atom stereocenters. The first-order valence-corrected chi connectivity index (χ1v) is 6.65. The van der Waals surface area contributed by atoms with Gasteiger partial charge in [-0.1, -0.05) is 6.07 Å². The van der Waals surface area contributed by atoms with Crippen molar-refractivity contribution in [2.24, 2.45) is 0 Å². The smallest absolute Gasteiger partial charge is 0.354 e. The lowest BCUT2D eigenvalue weighted by molar-refractivity contribution is 0.0691. The van der Waals surface area contributed by atoms with Crippen molar-refractivity contribution >= 4 is 38.9 Å². The Hall–Kier alpha value is -2.47. The molecule has 0 bridgehead atoms. The number of halogens is 1. The predicted octanol–water partition coefficient (Wildman–Crippen LogP) is 3.88. The number of anilines is 2. The molecule has 0 amide bonds. The lowest BCUT2D eigenvalue weighted by Crippen LogP contribution is -2.02. The van der Waals surface area contributed by atoms with E-state index >= 15 is 0 Å². The third kappa shape index (κ3) is 2.33. The summed E-state index contributed by atoms with van der Waals surface area (Å²) >= 11 is 1.36. The summed E-state index contributed by atoms with van der Waals surface area (Å²) in [4.78, 5) is 15.8. The molecule has 100 valence electrons. The highest BCUT2D eigenvalue weighted by Crippen LogP contribution is 2.30. The lowest BCUT2D eigenvalue weighted by Gasteiger charge is -2.08. The molecule has 0 saturated heterocycles. The molecule has 20 heavy (non-hydrogen) atoms. The zero-order valence-corrected chi connectivity index (χ0v) is 10.9. The fourth-order valence-corrected chi connectivity index (χ4v) is 2.67. The number of nitrogens with zero attached hydrogens (tertiary/aromatic N) is 1. The number of benzene rings is 1. The molecule has 0 unspecified atom stereocenters. The number of aromatic nitrogens is 1. The van der Waals surface area contributed by atoms with Crippen molar-refractivity contribution in [3.63, 3.8) is 0 Å². The normalized spacial score (nSPS) is 10.7. The molecule has 4 nitrogen and oxygen atoms in total. The van der Waals surface area contributed by atoms with Crippen LogP contribution in [0, 0.1) is 5.82 Å². The third-order valence-electron chi connectivity index (χ3n) is 2.76. The maximum Gasteiger partial charge on any atom is 0.354 e. The number of nitrogens with one attached hydrogen (secondary N) is 1. The number of fused-ring (bicyclic) bond motifs is 1. The highest BCUT2D eigenvalue weighted by atomic mass is 32.1. The van der Waals surface area contributed by atoms with E-state index in [-0.39, 0.29) is 11.5 Å². The van der Waals surface area contributed by atoms with Gasteiger partial charge in [-0.25, -0.2) is 14.2 Å². The molecule has 0 spiro atoms.